The summed E-state index contributed by atoms with van der Waals surface area (Å²) in [7, 11) is -1.73. The zero-order chi connectivity index (χ0) is 24.1. The summed E-state index contributed by atoms with van der Waals surface area (Å²) >= 11 is 0. The first-order valence-corrected chi connectivity index (χ1v) is 13.5. The number of aryl methyl sites for hydroxylation is 1. The van der Waals surface area contributed by atoms with Crippen molar-refractivity contribution in [2.24, 2.45) is 0 Å². The van der Waals surface area contributed by atoms with Gasteiger partial charge in [-0.2, -0.15) is 0 Å². The van der Waals surface area contributed by atoms with E-state index < -0.39 is 17.9 Å². The van der Waals surface area contributed by atoms with Crippen molar-refractivity contribution < 1.29 is 17.9 Å². The zero-order valence-electron chi connectivity index (χ0n) is 19.2. The maximum Gasteiger partial charge on any atom is 0.261 e. The molecule has 1 N–H and O–H groups in total. The number of benzene rings is 4. The van der Waals surface area contributed by atoms with Gasteiger partial charge in [0.2, 0.25) is 0 Å². The number of anilines is 1. The number of para-hydroxylation sites is 3. The van der Waals surface area contributed by atoms with E-state index in [2.05, 4.69) is 4.72 Å². The van der Waals surface area contributed by atoms with Gasteiger partial charge in [0.25, 0.3) is 10.0 Å². The molecule has 7 heteroatoms. The molecule has 0 spiro atoms. The van der Waals surface area contributed by atoms with Gasteiger partial charge < -0.3 is 9.47 Å². The Balaban J connectivity index is 1.89. The van der Waals surface area contributed by atoms with Crippen molar-refractivity contribution in [1.82, 2.24) is 0 Å². The van der Waals surface area contributed by atoms with Gasteiger partial charge >= 0.3 is 0 Å². The lowest BCUT2D eigenvalue weighted by Gasteiger charge is -2.25. The Bertz CT molecular complexity index is 1340. The Morgan fingerprint density at radius 2 is 1.12 bits per heavy atom. The topological polar surface area (TPSA) is 64.6 Å². The molecule has 0 aliphatic rings. The average molecular weight is 492 g/mol. The summed E-state index contributed by atoms with van der Waals surface area (Å²) in [5, 5.41) is 2.78. The number of rotatable bonds is 8. The number of ether oxygens (including phenoxy) is 2. The van der Waals surface area contributed by atoms with Crippen LogP contribution in [0.3, 0.4) is 0 Å². The van der Waals surface area contributed by atoms with Crippen molar-refractivity contribution >= 4 is 39.5 Å². The highest BCUT2D eigenvalue weighted by molar-refractivity contribution is 7.93. The molecule has 0 bridgehead atoms. The summed E-state index contributed by atoms with van der Waals surface area (Å²) < 4.78 is 40.7. The standard InChI is InChI=1S/C27H26NO4PS/c1-20-16-18-21(19-17-20)34(29,30)28-22-10-4-7-13-25(22)33(26-14-8-5-11-23(26)31-2)27-15-9-6-12-24(27)32-3/h4-19,28H,1-3H3. The Morgan fingerprint density at radius 1 is 0.647 bits per heavy atom. The fraction of sp³-hybridized carbons (Fsp3) is 0.111. The third-order valence-electron chi connectivity index (χ3n) is 5.37. The van der Waals surface area contributed by atoms with E-state index in [4.69, 9.17) is 9.47 Å². The highest BCUT2D eigenvalue weighted by Gasteiger charge is 2.27. The quantitative estimate of drug-likeness (QED) is 0.367. The summed E-state index contributed by atoms with van der Waals surface area (Å²) in [5.74, 6) is 1.46. The van der Waals surface area contributed by atoms with Crippen molar-refractivity contribution in [2.75, 3.05) is 18.9 Å². The monoisotopic (exact) mass is 491 g/mol. The summed E-state index contributed by atoms with van der Waals surface area (Å²) in [4.78, 5) is 0.215. The van der Waals surface area contributed by atoms with E-state index in [1.165, 1.54) is 0 Å². The molecule has 0 atom stereocenters. The van der Waals surface area contributed by atoms with Gasteiger partial charge in [0.05, 0.1) is 24.8 Å². The van der Waals surface area contributed by atoms with Crippen molar-refractivity contribution in [3.05, 3.63) is 103 Å². The van der Waals surface area contributed by atoms with E-state index in [0.29, 0.717) is 5.69 Å². The molecule has 0 fully saturated rings. The number of hydrogen-bond acceptors (Lipinski definition) is 4. The maximum atomic E-state index is 13.3. The van der Waals surface area contributed by atoms with Crippen LogP contribution in [0.25, 0.3) is 0 Å². The van der Waals surface area contributed by atoms with Crippen molar-refractivity contribution in [3.8, 4) is 11.5 Å². The van der Waals surface area contributed by atoms with Crippen LogP contribution in [-0.2, 0) is 10.0 Å². The summed E-state index contributed by atoms with van der Waals surface area (Å²) in [6, 6.07) is 29.9. The van der Waals surface area contributed by atoms with Crippen LogP contribution >= 0.6 is 7.92 Å². The van der Waals surface area contributed by atoms with Gasteiger partial charge in [-0.25, -0.2) is 8.42 Å². The van der Waals surface area contributed by atoms with Crippen molar-refractivity contribution in [2.45, 2.75) is 11.8 Å². The van der Waals surface area contributed by atoms with Crippen molar-refractivity contribution in [1.29, 1.82) is 0 Å². The van der Waals surface area contributed by atoms with E-state index >= 15 is 0 Å². The summed E-state index contributed by atoms with van der Waals surface area (Å²) in [5.41, 5.74) is 1.52. The Kier molecular flexibility index (Phi) is 7.20. The lowest BCUT2D eigenvalue weighted by atomic mass is 10.2. The molecule has 0 unspecified atom stereocenters. The Labute approximate surface area is 202 Å². The van der Waals surface area contributed by atoms with E-state index in [1.54, 1.807) is 44.6 Å². The minimum atomic E-state index is -3.78. The minimum absolute atomic E-state index is 0.215. The van der Waals surface area contributed by atoms with Gasteiger partial charge in [-0.05, 0) is 45.2 Å². The molecule has 0 saturated carbocycles. The molecule has 5 nitrogen and oxygen atoms in total. The first-order valence-electron chi connectivity index (χ1n) is 10.7. The highest BCUT2D eigenvalue weighted by atomic mass is 32.2. The smallest absolute Gasteiger partial charge is 0.261 e. The predicted molar refractivity (Wildman–Crippen MR) is 140 cm³/mol. The van der Waals surface area contributed by atoms with Crippen LogP contribution in [0.1, 0.15) is 5.56 Å². The first kappa shape index (κ1) is 23.8. The molecule has 0 aromatic heterocycles. The maximum absolute atomic E-state index is 13.3. The lowest BCUT2D eigenvalue weighted by molar-refractivity contribution is 0.417. The number of nitrogens with one attached hydrogen (secondary N) is 1. The van der Waals surface area contributed by atoms with Crippen LogP contribution in [0.4, 0.5) is 5.69 Å². The molecule has 0 radical (unpaired) electrons. The van der Waals surface area contributed by atoms with Crippen LogP contribution in [0.2, 0.25) is 0 Å². The highest BCUT2D eigenvalue weighted by Crippen LogP contribution is 2.41. The molecule has 0 aliphatic heterocycles. The minimum Gasteiger partial charge on any atom is -0.496 e. The molecular weight excluding hydrogens is 465 g/mol. The molecule has 174 valence electrons. The van der Waals surface area contributed by atoms with Gasteiger partial charge in [0.1, 0.15) is 11.5 Å². The van der Waals surface area contributed by atoms with Crippen LogP contribution in [0.15, 0.2) is 102 Å². The van der Waals surface area contributed by atoms with Gasteiger partial charge in [0.15, 0.2) is 0 Å². The van der Waals surface area contributed by atoms with Crippen LogP contribution < -0.4 is 30.1 Å². The Hall–Kier alpha value is -3.34. The SMILES string of the molecule is COc1ccccc1P(c1ccccc1NS(=O)(=O)c1ccc(C)cc1)c1ccccc1OC. The molecule has 0 heterocycles. The number of hydrogen-bond donors (Lipinski definition) is 1. The van der Waals surface area contributed by atoms with E-state index in [-0.39, 0.29) is 4.90 Å². The fourth-order valence-corrected chi connectivity index (χ4v) is 7.48. The number of methoxy groups -OCH3 is 2. The Morgan fingerprint density at radius 3 is 1.65 bits per heavy atom. The van der Waals surface area contributed by atoms with Gasteiger partial charge in [0, 0.05) is 15.9 Å². The third kappa shape index (κ3) is 4.93. The number of sulfonamides is 1. The molecule has 34 heavy (non-hydrogen) atoms. The average Bonchev–Trinajstić information content (AvgIpc) is 2.86. The first-order chi connectivity index (χ1) is 16.4. The van der Waals surface area contributed by atoms with Crippen LogP contribution in [0, 0.1) is 6.92 Å². The fourth-order valence-electron chi connectivity index (χ4n) is 3.69. The predicted octanol–water partition coefficient (Wildman–Crippen LogP) is 4.57. The molecule has 4 aromatic rings. The second kappa shape index (κ2) is 10.3. The van der Waals surface area contributed by atoms with Gasteiger partial charge in [-0.3, -0.25) is 4.72 Å². The molecule has 4 rings (SSSR count). The van der Waals surface area contributed by atoms with Gasteiger partial charge in [-0.15, -0.1) is 0 Å². The molecule has 0 saturated heterocycles. The lowest BCUT2D eigenvalue weighted by Crippen LogP contribution is -2.26. The van der Waals surface area contributed by atoms with Crippen molar-refractivity contribution in [3.63, 3.8) is 0 Å². The second-order valence-electron chi connectivity index (χ2n) is 7.61. The zero-order valence-corrected chi connectivity index (χ0v) is 20.9. The summed E-state index contributed by atoms with van der Waals surface area (Å²) in [6.07, 6.45) is 0. The molecule has 4 aromatic carbocycles. The third-order valence-corrected chi connectivity index (χ3v) is 9.33. The second-order valence-corrected chi connectivity index (χ2v) is 11.4. The summed E-state index contributed by atoms with van der Waals surface area (Å²) in [6.45, 7) is 1.92. The van der Waals surface area contributed by atoms with E-state index in [1.807, 2.05) is 73.7 Å². The van der Waals surface area contributed by atoms with Crippen LogP contribution in [0.5, 0.6) is 11.5 Å². The van der Waals surface area contributed by atoms with Crippen LogP contribution in [-0.4, -0.2) is 22.6 Å². The molecule has 0 aliphatic carbocycles. The van der Waals surface area contributed by atoms with Gasteiger partial charge in [-0.1, -0.05) is 72.3 Å². The largest absolute Gasteiger partial charge is 0.496 e. The molecular formula is C27H26NO4PS. The molecule has 0 amide bonds. The van der Waals surface area contributed by atoms with E-state index in [0.717, 1.165) is 33.0 Å². The van der Waals surface area contributed by atoms with E-state index in [9.17, 15) is 8.42 Å². The normalized spacial score (nSPS) is 11.3.